The summed E-state index contributed by atoms with van der Waals surface area (Å²) in [6.07, 6.45) is 0.891. The summed E-state index contributed by atoms with van der Waals surface area (Å²) < 4.78 is 5.87. The Bertz CT molecular complexity index is 656. The van der Waals surface area contributed by atoms with Crippen molar-refractivity contribution in [2.45, 2.75) is 13.0 Å². The highest BCUT2D eigenvalue weighted by atomic mass is 32.1. The molecule has 0 spiro atoms. The summed E-state index contributed by atoms with van der Waals surface area (Å²) in [5.74, 6) is 0.937. The Morgan fingerprint density at radius 2 is 2.08 bits per heavy atom. The molecule has 7 nitrogen and oxygen atoms in total. The fraction of sp³-hybridized carbons (Fsp3) is 0.529. The van der Waals surface area contributed by atoms with Gasteiger partial charge in [-0.05, 0) is 31.2 Å². The van der Waals surface area contributed by atoms with Gasteiger partial charge in [0.05, 0.1) is 6.61 Å². The first-order valence-electron chi connectivity index (χ1n) is 8.64. The van der Waals surface area contributed by atoms with E-state index in [0.717, 1.165) is 56.6 Å². The molecule has 0 aliphatic carbocycles. The van der Waals surface area contributed by atoms with Gasteiger partial charge >= 0.3 is 0 Å². The zero-order valence-electron chi connectivity index (χ0n) is 14.6. The molecule has 3 N–H and O–H groups in total. The van der Waals surface area contributed by atoms with Crippen LogP contribution >= 0.6 is 11.3 Å². The van der Waals surface area contributed by atoms with E-state index in [4.69, 9.17) is 10.5 Å². The number of likely N-dealkylation sites (N-methyl/N-ethyl adjacent to an activating group) is 1. The van der Waals surface area contributed by atoms with Gasteiger partial charge in [-0.15, -0.1) is 10.2 Å². The Kier molecular flexibility index (Phi) is 6.43. The maximum Gasteiger partial charge on any atom is 0.207 e. The second-order valence-electron chi connectivity index (χ2n) is 6.30. The number of rotatable bonds is 8. The molecule has 0 unspecified atom stereocenters. The molecule has 8 heteroatoms. The molecule has 1 fully saturated rings. The minimum Gasteiger partial charge on any atom is -0.494 e. The summed E-state index contributed by atoms with van der Waals surface area (Å²) in [6, 6.07) is 8.42. The summed E-state index contributed by atoms with van der Waals surface area (Å²) >= 11 is 1.36. The van der Waals surface area contributed by atoms with Gasteiger partial charge in [-0.3, -0.25) is 4.90 Å². The first kappa shape index (κ1) is 17.9. The molecule has 3 rings (SSSR count). The number of nitrogens with two attached hydrogens (primary N) is 1. The maximum atomic E-state index is 5.87. The highest BCUT2D eigenvalue weighted by Gasteiger charge is 2.13. The predicted molar refractivity (Wildman–Crippen MR) is 102 cm³/mol. The van der Waals surface area contributed by atoms with Gasteiger partial charge < -0.3 is 20.7 Å². The van der Waals surface area contributed by atoms with Crippen molar-refractivity contribution in [2.75, 3.05) is 57.4 Å². The Morgan fingerprint density at radius 1 is 1.24 bits per heavy atom. The molecule has 0 bridgehead atoms. The second kappa shape index (κ2) is 8.98. The first-order valence-corrected chi connectivity index (χ1v) is 9.46. The molecule has 0 radical (unpaired) electrons. The van der Waals surface area contributed by atoms with Crippen LogP contribution in [0.3, 0.4) is 0 Å². The van der Waals surface area contributed by atoms with Crippen LogP contribution in [-0.2, 0) is 6.54 Å². The van der Waals surface area contributed by atoms with Crippen LogP contribution in [0.15, 0.2) is 24.3 Å². The van der Waals surface area contributed by atoms with Crippen molar-refractivity contribution in [3.63, 3.8) is 0 Å². The average molecular weight is 363 g/mol. The normalized spacial score (nSPS) is 16.0. The highest BCUT2D eigenvalue weighted by Crippen LogP contribution is 2.17. The summed E-state index contributed by atoms with van der Waals surface area (Å²) in [5, 5.41) is 12.1. The summed E-state index contributed by atoms with van der Waals surface area (Å²) in [5.41, 5.74) is 6.86. The van der Waals surface area contributed by atoms with Crippen LogP contribution in [0.25, 0.3) is 0 Å². The van der Waals surface area contributed by atoms with Crippen LogP contribution in [0.5, 0.6) is 5.75 Å². The molecule has 1 saturated heterocycles. The zero-order valence-corrected chi connectivity index (χ0v) is 15.5. The number of ether oxygens (including phenoxy) is 1. The molecule has 1 aliphatic heterocycles. The molecule has 0 saturated carbocycles. The largest absolute Gasteiger partial charge is 0.494 e. The molecular formula is C17H26N6OS. The van der Waals surface area contributed by atoms with E-state index in [1.807, 2.05) is 6.07 Å². The topological polar surface area (TPSA) is 79.5 Å². The fourth-order valence-electron chi connectivity index (χ4n) is 2.76. The quantitative estimate of drug-likeness (QED) is 0.693. The van der Waals surface area contributed by atoms with Gasteiger partial charge in [0, 0.05) is 39.3 Å². The molecule has 136 valence electrons. The van der Waals surface area contributed by atoms with Crippen LogP contribution in [0.2, 0.25) is 0 Å². The number of anilines is 2. The summed E-state index contributed by atoms with van der Waals surface area (Å²) in [6.45, 7) is 6.99. The Balaban J connectivity index is 1.37. The molecule has 0 amide bonds. The van der Waals surface area contributed by atoms with E-state index < -0.39 is 0 Å². The third-order valence-electron chi connectivity index (χ3n) is 4.21. The molecule has 1 aliphatic rings. The van der Waals surface area contributed by atoms with Crippen molar-refractivity contribution < 1.29 is 4.74 Å². The van der Waals surface area contributed by atoms with Gasteiger partial charge in [0.1, 0.15) is 5.75 Å². The lowest BCUT2D eigenvalue weighted by molar-refractivity contribution is 0.148. The van der Waals surface area contributed by atoms with Crippen molar-refractivity contribution in [2.24, 2.45) is 0 Å². The van der Waals surface area contributed by atoms with E-state index in [1.165, 1.54) is 16.9 Å². The van der Waals surface area contributed by atoms with E-state index in [0.29, 0.717) is 11.7 Å². The number of nitrogens with zero attached hydrogens (tertiary/aromatic N) is 4. The van der Waals surface area contributed by atoms with E-state index in [-0.39, 0.29) is 0 Å². The average Bonchev–Trinajstić information content (AvgIpc) is 3.02. The van der Waals surface area contributed by atoms with Crippen molar-refractivity contribution in [1.29, 1.82) is 0 Å². The lowest BCUT2D eigenvalue weighted by Crippen LogP contribution is -2.43. The number of nitrogen functional groups attached to an aromatic ring is 1. The maximum absolute atomic E-state index is 5.87. The van der Waals surface area contributed by atoms with Gasteiger partial charge in [-0.25, -0.2) is 0 Å². The monoisotopic (exact) mass is 362 g/mol. The van der Waals surface area contributed by atoms with Crippen molar-refractivity contribution >= 4 is 21.6 Å². The number of aromatic nitrogens is 2. The molecule has 25 heavy (non-hydrogen) atoms. The smallest absolute Gasteiger partial charge is 0.207 e. The Hall–Kier alpha value is -1.90. The number of hydrogen-bond acceptors (Lipinski definition) is 8. The summed E-state index contributed by atoms with van der Waals surface area (Å²) in [7, 11) is 2.18. The number of hydrogen-bond donors (Lipinski definition) is 2. The van der Waals surface area contributed by atoms with Crippen LogP contribution in [0, 0.1) is 0 Å². The number of piperazine rings is 1. The molecule has 0 atom stereocenters. The lowest BCUT2D eigenvalue weighted by Gasteiger charge is -2.32. The third-order valence-corrected chi connectivity index (χ3v) is 4.92. The molecule has 1 aromatic heterocycles. The summed E-state index contributed by atoms with van der Waals surface area (Å²) in [4.78, 5) is 4.87. The van der Waals surface area contributed by atoms with Gasteiger partial charge in [0.15, 0.2) is 0 Å². The van der Waals surface area contributed by atoms with Gasteiger partial charge in [-0.1, -0.05) is 23.5 Å². The second-order valence-corrected chi connectivity index (χ2v) is 7.31. The van der Waals surface area contributed by atoms with Crippen molar-refractivity contribution in [1.82, 2.24) is 20.0 Å². The van der Waals surface area contributed by atoms with E-state index in [2.05, 4.69) is 50.6 Å². The van der Waals surface area contributed by atoms with Crippen molar-refractivity contribution in [3.05, 3.63) is 29.8 Å². The Labute approximate surface area is 152 Å². The fourth-order valence-corrected chi connectivity index (χ4v) is 3.30. The van der Waals surface area contributed by atoms with E-state index in [9.17, 15) is 0 Å². The van der Waals surface area contributed by atoms with Crippen LogP contribution < -0.4 is 15.8 Å². The molecular weight excluding hydrogens is 336 g/mol. The van der Waals surface area contributed by atoms with Crippen LogP contribution in [0.1, 0.15) is 12.0 Å². The SMILES string of the molecule is CN1CCN(Cc2cccc(OCCCNc3nnc(N)s3)c2)CC1. The van der Waals surface area contributed by atoms with Gasteiger partial charge in [0.25, 0.3) is 0 Å². The predicted octanol–water partition coefficient (Wildman–Crippen LogP) is 1.75. The van der Waals surface area contributed by atoms with Crippen LogP contribution in [-0.4, -0.2) is 66.4 Å². The van der Waals surface area contributed by atoms with Gasteiger partial charge in [-0.2, -0.15) is 0 Å². The molecule has 2 heterocycles. The van der Waals surface area contributed by atoms with E-state index >= 15 is 0 Å². The zero-order chi connectivity index (χ0) is 17.5. The minimum atomic E-state index is 0.482. The minimum absolute atomic E-state index is 0.482. The van der Waals surface area contributed by atoms with E-state index in [1.54, 1.807) is 0 Å². The molecule has 2 aromatic rings. The highest BCUT2D eigenvalue weighted by molar-refractivity contribution is 7.18. The number of benzene rings is 1. The Morgan fingerprint density at radius 3 is 2.84 bits per heavy atom. The first-order chi connectivity index (χ1) is 12.2. The van der Waals surface area contributed by atoms with Gasteiger partial charge in [0.2, 0.25) is 10.3 Å². The van der Waals surface area contributed by atoms with Crippen molar-refractivity contribution in [3.8, 4) is 5.75 Å². The third kappa shape index (κ3) is 5.84. The number of nitrogens with one attached hydrogen (secondary N) is 1. The molecule has 1 aromatic carbocycles. The van der Waals surface area contributed by atoms with Crippen LogP contribution in [0.4, 0.5) is 10.3 Å². The standard InChI is InChI=1S/C17H26N6OS/c1-22-7-9-23(10-8-22)13-14-4-2-5-15(12-14)24-11-3-6-19-17-21-20-16(18)25-17/h2,4-5,12H,3,6-11,13H2,1H3,(H2,18,20)(H,19,21). The lowest BCUT2D eigenvalue weighted by atomic mass is 10.2.